The molecule has 1 aliphatic heterocycles. The van der Waals surface area contributed by atoms with Gasteiger partial charge in [0.2, 0.25) is 5.91 Å². The number of amides is 1. The highest BCUT2D eigenvalue weighted by molar-refractivity contribution is 7.99. The van der Waals surface area contributed by atoms with Crippen molar-refractivity contribution in [2.24, 2.45) is 0 Å². The zero-order chi connectivity index (χ0) is 14.5. The second-order valence-corrected chi connectivity index (χ2v) is 6.04. The van der Waals surface area contributed by atoms with Crippen molar-refractivity contribution >= 4 is 17.7 Å². The van der Waals surface area contributed by atoms with Gasteiger partial charge in [-0.2, -0.15) is 5.10 Å². The number of hydrogen-bond acceptors (Lipinski definition) is 4. The third-order valence-electron chi connectivity index (χ3n) is 3.43. The molecule has 1 unspecified atom stereocenters. The lowest BCUT2D eigenvalue weighted by Crippen LogP contribution is -2.41. The minimum atomic E-state index is -0.0471. The van der Waals surface area contributed by atoms with Gasteiger partial charge in [0, 0.05) is 30.6 Å². The quantitative estimate of drug-likeness (QED) is 0.871. The number of benzene rings is 1. The summed E-state index contributed by atoms with van der Waals surface area (Å²) in [5, 5.41) is 10.3. The summed E-state index contributed by atoms with van der Waals surface area (Å²) in [6.07, 6.45) is 3.72. The Labute approximate surface area is 128 Å². The third-order valence-corrected chi connectivity index (χ3v) is 4.37. The minimum Gasteiger partial charge on any atom is -0.351 e. The number of carbonyl (C=O) groups excluding carboxylic acids is 1. The molecule has 0 aliphatic carbocycles. The summed E-state index contributed by atoms with van der Waals surface area (Å²) >= 11 is 1.76. The van der Waals surface area contributed by atoms with Crippen LogP contribution in [0.1, 0.15) is 11.1 Å². The van der Waals surface area contributed by atoms with Crippen LogP contribution in [0.25, 0.3) is 0 Å². The Hall–Kier alpha value is -1.79. The molecule has 2 aromatic rings. The number of aromatic nitrogens is 2. The molecule has 0 spiro atoms. The number of carbonyl (C=O) groups is 1. The van der Waals surface area contributed by atoms with Gasteiger partial charge >= 0.3 is 0 Å². The minimum absolute atomic E-state index is 0.0471. The van der Waals surface area contributed by atoms with Crippen molar-refractivity contribution in [1.82, 2.24) is 20.4 Å². The standard InChI is InChI=1S/C15H18N4OS/c20-15(14-10-21-11-17-14)16-8-12-2-4-13(5-3-12)9-19-7-1-6-18-19/h1-7,14,17H,8-11H2,(H,16,20). The summed E-state index contributed by atoms with van der Waals surface area (Å²) in [5.41, 5.74) is 2.31. The third kappa shape index (κ3) is 3.86. The molecule has 0 saturated carbocycles. The smallest absolute Gasteiger partial charge is 0.238 e. The average Bonchev–Trinajstić information content (AvgIpc) is 3.19. The van der Waals surface area contributed by atoms with Crippen LogP contribution in [0, 0.1) is 0 Å². The molecule has 5 nitrogen and oxygen atoms in total. The highest BCUT2D eigenvalue weighted by Crippen LogP contribution is 2.10. The summed E-state index contributed by atoms with van der Waals surface area (Å²) in [6, 6.07) is 10.1. The Morgan fingerprint density at radius 1 is 1.38 bits per heavy atom. The van der Waals surface area contributed by atoms with Crippen LogP contribution in [0.2, 0.25) is 0 Å². The van der Waals surface area contributed by atoms with Gasteiger partial charge in [0.05, 0.1) is 12.6 Å². The Bertz CT molecular complexity index is 576. The summed E-state index contributed by atoms with van der Waals surface area (Å²) in [6.45, 7) is 1.34. The van der Waals surface area contributed by atoms with Crippen molar-refractivity contribution in [2.75, 3.05) is 11.6 Å². The van der Waals surface area contributed by atoms with Gasteiger partial charge in [-0.25, -0.2) is 0 Å². The van der Waals surface area contributed by atoms with E-state index in [1.54, 1.807) is 18.0 Å². The van der Waals surface area contributed by atoms with Crippen LogP contribution in [0.3, 0.4) is 0 Å². The van der Waals surface area contributed by atoms with Crippen LogP contribution in [-0.2, 0) is 17.9 Å². The zero-order valence-electron chi connectivity index (χ0n) is 11.7. The number of nitrogens with zero attached hydrogens (tertiary/aromatic N) is 2. The fourth-order valence-corrected chi connectivity index (χ4v) is 3.16. The van der Waals surface area contributed by atoms with Crippen LogP contribution in [0.4, 0.5) is 0 Å². The first-order valence-electron chi connectivity index (χ1n) is 6.95. The first kappa shape index (κ1) is 14.2. The van der Waals surface area contributed by atoms with Crippen molar-refractivity contribution in [1.29, 1.82) is 0 Å². The Morgan fingerprint density at radius 2 is 2.19 bits per heavy atom. The van der Waals surface area contributed by atoms with Crippen LogP contribution in [0.5, 0.6) is 0 Å². The van der Waals surface area contributed by atoms with Crippen molar-refractivity contribution < 1.29 is 4.79 Å². The molecule has 0 bridgehead atoms. The lowest BCUT2D eigenvalue weighted by Gasteiger charge is -2.11. The molecule has 2 heterocycles. The number of rotatable bonds is 5. The molecule has 1 amide bonds. The maximum atomic E-state index is 11.9. The molecule has 1 saturated heterocycles. The van der Waals surface area contributed by atoms with Crippen LogP contribution < -0.4 is 10.6 Å². The van der Waals surface area contributed by atoms with Gasteiger partial charge in [-0.05, 0) is 17.2 Å². The van der Waals surface area contributed by atoms with Gasteiger partial charge in [0.1, 0.15) is 0 Å². The van der Waals surface area contributed by atoms with Crippen molar-refractivity contribution in [2.45, 2.75) is 19.1 Å². The van der Waals surface area contributed by atoms with Crippen molar-refractivity contribution in [3.8, 4) is 0 Å². The van der Waals surface area contributed by atoms with Gasteiger partial charge in [-0.1, -0.05) is 24.3 Å². The molecule has 1 atom stereocenters. The maximum Gasteiger partial charge on any atom is 0.238 e. The fourth-order valence-electron chi connectivity index (χ4n) is 2.22. The first-order valence-corrected chi connectivity index (χ1v) is 8.11. The zero-order valence-corrected chi connectivity index (χ0v) is 12.5. The molecule has 1 aromatic heterocycles. The van der Waals surface area contributed by atoms with Gasteiger partial charge in [0.25, 0.3) is 0 Å². The Balaban J connectivity index is 1.51. The van der Waals surface area contributed by atoms with E-state index in [0.29, 0.717) is 6.54 Å². The fraction of sp³-hybridized carbons (Fsp3) is 0.333. The van der Waals surface area contributed by atoms with Gasteiger partial charge in [-0.3, -0.25) is 14.8 Å². The van der Waals surface area contributed by atoms with E-state index in [0.717, 1.165) is 23.7 Å². The van der Waals surface area contributed by atoms with E-state index in [9.17, 15) is 4.79 Å². The number of hydrogen-bond donors (Lipinski definition) is 2. The van der Waals surface area contributed by atoms with E-state index in [1.165, 1.54) is 5.56 Å². The lowest BCUT2D eigenvalue weighted by atomic mass is 10.1. The molecular formula is C15H18N4OS. The van der Waals surface area contributed by atoms with E-state index in [4.69, 9.17) is 0 Å². The highest BCUT2D eigenvalue weighted by Gasteiger charge is 2.21. The number of thioether (sulfide) groups is 1. The van der Waals surface area contributed by atoms with Gasteiger partial charge in [-0.15, -0.1) is 11.8 Å². The molecule has 21 heavy (non-hydrogen) atoms. The van der Waals surface area contributed by atoms with Gasteiger partial charge in [0.15, 0.2) is 0 Å². The van der Waals surface area contributed by atoms with Crippen LogP contribution in [0.15, 0.2) is 42.7 Å². The normalized spacial score (nSPS) is 17.8. The van der Waals surface area contributed by atoms with E-state index in [1.807, 2.05) is 16.9 Å². The first-order chi connectivity index (χ1) is 10.3. The van der Waals surface area contributed by atoms with Gasteiger partial charge < -0.3 is 5.32 Å². The highest BCUT2D eigenvalue weighted by atomic mass is 32.2. The molecular weight excluding hydrogens is 284 g/mol. The molecule has 1 aliphatic rings. The predicted octanol–water partition coefficient (Wildman–Crippen LogP) is 1.21. The SMILES string of the molecule is O=C(NCc1ccc(Cn2cccn2)cc1)C1CSCN1. The second-order valence-electron chi connectivity index (χ2n) is 5.01. The topological polar surface area (TPSA) is 59.0 Å². The van der Waals surface area contributed by atoms with E-state index < -0.39 is 0 Å². The molecule has 1 aromatic carbocycles. The monoisotopic (exact) mass is 302 g/mol. The summed E-state index contributed by atoms with van der Waals surface area (Å²) in [7, 11) is 0. The van der Waals surface area contributed by atoms with Crippen molar-refractivity contribution in [3.05, 3.63) is 53.9 Å². The summed E-state index contributed by atoms with van der Waals surface area (Å²) < 4.78 is 1.89. The Morgan fingerprint density at radius 3 is 2.86 bits per heavy atom. The maximum absolute atomic E-state index is 11.9. The van der Waals surface area contributed by atoms with Crippen molar-refractivity contribution in [3.63, 3.8) is 0 Å². The number of nitrogens with one attached hydrogen (secondary N) is 2. The molecule has 6 heteroatoms. The molecule has 0 radical (unpaired) electrons. The van der Waals surface area contributed by atoms with Crippen LogP contribution >= 0.6 is 11.8 Å². The summed E-state index contributed by atoms with van der Waals surface area (Å²) in [5.74, 6) is 1.80. The predicted molar refractivity (Wildman–Crippen MR) is 83.9 cm³/mol. The van der Waals surface area contributed by atoms with E-state index in [2.05, 4.69) is 40.0 Å². The second kappa shape index (κ2) is 6.78. The molecule has 3 rings (SSSR count). The average molecular weight is 302 g/mol. The molecule has 110 valence electrons. The summed E-state index contributed by atoms with van der Waals surface area (Å²) in [4.78, 5) is 11.9. The van der Waals surface area contributed by atoms with Crippen LogP contribution in [-0.4, -0.2) is 33.4 Å². The lowest BCUT2D eigenvalue weighted by molar-refractivity contribution is -0.122. The Kier molecular flexibility index (Phi) is 4.57. The largest absolute Gasteiger partial charge is 0.351 e. The molecule has 1 fully saturated rings. The molecule has 2 N–H and O–H groups in total. The van der Waals surface area contributed by atoms with E-state index in [-0.39, 0.29) is 11.9 Å². The van der Waals surface area contributed by atoms with E-state index >= 15 is 0 Å².